The lowest BCUT2D eigenvalue weighted by Gasteiger charge is -1.90. The Hall–Kier alpha value is 0.01000. The van der Waals surface area contributed by atoms with Gasteiger partial charge in [0, 0.05) is 4.90 Å². The van der Waals surface area contributed by atoms with Crippen molar-refractivity contribution in [1.82, 2.24) is 0 Å². The number of thioether (sulfide) groups is 1. The molecule has 0 bridgehead atoms. The molecule has 1 aromatic rings. The van der Waals surface area contributed by atoms with E-state index in [9.17, 15) is 4.79 Å². The van der Waals surface area contributed by atoms with Gasteiger partial charge in [0.05, 0.1) is 0 Å². The zero-order chi connectivity index (χ0) is 7.56. The van der Waals surface area contributed by atoms with Gasteiger partial charge in [-0.25, -0.2) is 0 Å². The molecule has 0 aliphatic carbocycles. The first-order valence-electron chi connectivity index (χ1n) is 2.57. The second-order valence-corrected chi connectivity index (χ2v) is 3.70. The minimum absolute atomic E-state index is 0.362. The standard InChI is InChI=1S/C6H5ClOS2/c1-9-4-2-3-10-5(4)6(7)8/h2-3H,1H3. The first-order chi connectivity index (χ1) is 4.75. The summed E-state index contributed by atoms with van der Waals surface area (Å²) in [5, 5.41) is 1.50. The molecule has 10 heavy (non-hydrogen) atoms. The third-order valence-electron chi connectivity index (χ3n) is 1.03. The maximum atomic E-state index is 10.6. The van der Waals surface area contributed by atoms with E-state index >= 15 is 0 Å². The smallest absolute Gasteiger partial charge is 0.263 e. The van der Waals surface area contributed by atoms with E-state index in [4.69, 9.17) is 11.6 Å². The van der Waals surface area contributed by atoms with E-state index in [2.05, 4.69) is 0 Å². The number of hydrogen-bond acceptors (Lipinski definition) is 3. The molecule has 0 fully saturated rings. The lowest BCUT2D eigenvalue weighted by atomic mass is 10.5. The van der Waals surface area contributed by atoms with Gasteiger partial charge in [0.2, 0.25) is 0 Å². The summed E-state index contributed by atoms with van der Waals surface area (Å²) in [5.74, 6) is 0. The Morgan fingerprint density at radius 1 is 1.80 bits per heavy atom. The van der Waals surface area contributed by atoms with Crippen molar-refractivity contribution in [2.45, 2.75) is 4.90 Å². The molecule has 0 spiro atoms. The molecule has 1 rings (SSSR count). The van der Waals surface area contributed by atoms with Gasteiger partial charge >= 0.3 is 0 Å². The van der Waals surface area contributed by atoms with E-state index in [0.29, 0.717) is 4.88 Å². The summed E-state index contributed by atoms with van der Waals surface area (Å²) in [6.45, 7) is 0. The fourth-order valence-corrected chi connectivity index (χ4v) is 2.47. The summed E-state index contributed by atoms with van der Waals surface area (Å²) in [6.07, 6.45) is 1.92. The normalized spacial score (nSPS) is 9.80. The maximum Gasteiger partial charge on any atom is 0.263 e. The fourth-order valence-electron chi connectivity index (χ4n) is 0.602. The summed E-state index contributed by atoms with van der Waals surface area (Å²) < 4.78 is 0. The summed E-state index contributed by atoms with van der Waals surface area (Å²) in [6, 6.07) is 1.89. The molecule has 0 aliphatic rings. The SMILES string of the molecule is CSc1ccsc1C(=O)Cl. The van der Waals surface area contributed by atoms with E-state index in [-0.39, 0.29) is 5.24 Å². The number of rotatable bonds is 2. The van der Waals surface area contributed by atoms with E-state index in [1.54, 1.807) is 0 Å². The monoisotopic (exact) mass is 192 g/mol. The highest BCUT2D eigenvalue weighted by atomic mass is 35.5. The Morgan fingerprint density at radius 2 is 2.50 bits per heavy atom. The summed E-state index contributed by atoms with van der Waals surface area (Å²) in [7, 11) is 0. The predicted octanol–water partition coefficient (Wildman–Crippen LogP) is 2.85. The van der Waals surface area contributed by atoms with Crippen molar-refractivity contribution in [2.24, 2.45) is 0 Å². The van der Waals surface area contributed by atoms with Gasteiger partial charge in [0.25, 0.3) is 5.24 Å². The van der Waals surface area contributed by atoms with E-state index in [1.165, 1.54) is 23.1 Å². The predicted molar refractivity (Wildman–Crippen MR) is 46.3 cm³/mol. The molecule has 0 saturated carbocycles. The van der Waals surface area contributed by atoms with E-state index in [1.807, 2.05) is 17.7 Å². The summed E-state index contributed by atoms with van der Waals surface area (Å²) in [4.78, 5) is 12.3. The van der Waals surface area contributed by atoms with Gasteiger partial charge in [-0.15, -0.1) is 23.1 Å². The quantitative estimate of drug-likeness (QED) is 0.530. The molecule has 0 unspecified atom stereocenters. The van der Waals surface area contributed by atoms with Crippen molar-refractivity contribution in [3.8, 4) is 0 Å². The van der Waals surface area contributed by atoms with Gasteiger partial charge in [-0.1, -0.05) is 0 Å². The van der Waals surface area contributed by atoms with Crippen LogP contribution in [0, 0.1) is 0 Å². The van der Waals surface area contributed by atoms with Crippen molar-refractivity contribution in [3.63, 3.8) is 0 Å². The van der Waals surface area contributed by atoms with Crippen LogP contribution in [0.25, 0.3) is 0 Å². The lowest BCUT2D eigenvalue weighted by molar-refractivity contribution is 0.108. The first kappa shape index (κ1) is 8.11. The number of carbonyl (C=O) groups is 1. The van der Waals surface area contributed by atoms with Gasteiger partial charge in [0.1, 0.15) is 4.88 Å². The third kappa shape index (κ3) is 1.54. The van der Waals surface area contributed by atoms with Crippen LogP contribution in [0.1, 0.15) is 9.67 Å². The number of halogens is 1. The Morgan fingerprint density at radius 3 is 2.90 bits per heavy atom. The summed E-state index contributed by atoms with van der Waals surface area (Å²) >= 11 is 8.20. The molecule has 0 atom stereocenters. The topological polar surface area (TPSA) is 17.1 Å². The number of hydrogen-bond donors (Lipinski definition) is 0. The molecule has 0 saturated heterocycles. The zero-order valence-electron chi connectivity index (χ0n) is 5.26. The molecule has 54 valence electrons. The number of thiophene rings is 1. The van der Waals surface area contributed by atoms with Crippen molar-refractivity contribution in [2.75, 3.05) is 6.26 Å². The zero-order valence-corrected chi connectivity index (χ0v) is 7.65. The first-order valence-corrected chi connectivity index (χ1v) is 5.05. The molecule has 1 heterocycles. The van der Waals surface area contributed by atoms with Gasteiger partial charge in [-0.3, -0.25) is 4.79 Å². The fraction of sp³-hybridized carbons (Fsp3) is 0.167. The second-order valence-electron chi connectivity index (χ2n) is 1.59. The molecule has 0 N–H and O–H groups in total. The van der Waals surface area contributed by atoms with Crippen LogP contribution in [0.15, 0.2) is 16.3 Å². The average Bonchev–Trinajstić information content (AvgIpc) is 2.33. The van der Waals surface area contributed by atoms with Crippen LogP contribution >= 0.6 is 34.7 Å². The van der Waals surface area contributed by atoms with Crippen molar-refractivity contribution in [1.29, 1.82) is 0 Å². The van der Waals surface area contributed by atoms with Crippen molar-refractivity contribution >= 4 is 39.9 Å². The minimum Gasteiger partial charge on any atom is -0.275 e. The highest BCUT2D eigenvalue weighted by molar-refractivity contribution is 7.98. The Kier molecular flexibility index (Phi) is 2.77. The Bertz CT molecular complexity index is 244. The largest absolute Gasteiger partial charge is 0.275 e. The van der Waals surface area contributed by atoms with Crippen LogP contribution in [-0.2, 0) is 0 Å². The van der Waals surface area contributed by atoms with E-state index in [0.717, 1.165) is 4.90 Å². The van der Waals surface area contributed by atoms with Crippen LogP contribution < -0.4 is 0 Å². The molecule has 0 amide bonds. The van der Waals surface area contributed by atoms with Crippen LogP contribution in [0.3, 0.4) is 0 Å². The molecule has 0 aliphatic heterocycles. The van der Waals surface area contributed by atoms with Gasteiger partial charge in [-0.05, 0) is 29.3 Å². The van der Waals surface area contributed by atoms with Crippen LogP contribution in [0.4, 0.5) is 0 Å². The Balaban J connectivity index is 3.01. The van der Waals surface area contributed by atoms with Gasteiger partial charge in [-0.2, -0.15) is 0 Å². The number of carbonyl (C=O) groups excluding carboxylic acids is 1. The minimum atomic E-state index is -0.362. The summed E-state index contributed by atoms with van der Waals surface area (Å²) in [5.41, 5.74) is 0. The highest BCUT2D eigenvalue weighted by Gasteiger charge is 2.08. The molecular formula is C6H5ClOS2. The molecular weight excluding hydrogens is 188 g/mol. The maximum absolute atomic E-state index is 10.6. The van der Waals surface area contributed by atoms with Gasteiger partial charge in [0.15, 0.2) is 0 Å². The lowest BCUT2D eigenvalue weighted by Crippen LogP contribution is -1.83. The molecule has 0 radical (unpaired) electrons. The molecule has 1 nitrogen and oxygen atoms in total. The third-order valence-corrected chi connectivity index (χ3v) is 3.15. The van der Waals surface area contributed by atoms with Crippen LogP contribution in [0.5, 0.6) is 0 Å². The van der Waals surface area contributed by atoms with Gasteiger partial charge < -0.3 is 0 Å². The van der Waals surface area contributed by atoms with Crippen LogP contribution in [0.2, 0.25) is 0 Å². The second kappa shape index (κ2) is 3.42. The Labute approximate surface area is 72.4 Å². The molecule has 1 aromatic heterocycles. The molecule has 4 heteroatoms. The molecule has 0 aromatic carbocycles. The highest BCUT2D eigenvalue weighted by Crippen LogP contribution is 2.26. The van der Waals surface area contributed by atoms with Crippen LogP contribution in [-0.4, -0.2) is 11.5 Å². The van der Waals surface area contributed by atoms with Crippen molar-refractivity contribution < 1.29 is 4.79 Å². The van der Waals surface area contributed by atoms with E-state index < -0.39 is 0 Å². The average molecular weight is 193 g/mol. The van der Waals surface area contributed by atoms with Crippen molar-refractivity contribution in [3.05, 3.63) is 16.3 Å².